The lowest BCUT2D eigenvalue weighted by atomic mass is 10.2. The monoisotopic (exact) mass is 378 g/mol. The van der Waals surface area contributed by atoms with Crippen molar-refractivity contribution in [1.82, 2.24) is 4.90 Å². The van der Waals surface area contributed by atoms with E-state index in [9.17, 15) is 13.2 Å². The first-order valence-corrected chi connectivity index (χ1v) is 10.2. The van der Waals surface area contributed by atoms with E-state index < -0.39 is 9.84 Å². The second-order valence-electron chi connectivity index (χ2n) is 6.29. The van der Waals surface area contributed by atoms with Gasteiger partial charge in [0.1, 0.15) is 11.5 Å². The van der Waals surface area contributed by atoms with Crippen molar-refractivity contribution >= 4 is 21.4 Å². The lowest BCUT2D eigenvalue weighted by Gasteiger charge is -2.26. The third kappa shape index (κ3) is 4.64. The number of rotatable bonds is 7. The van der Waals surface area contributed by atoms with Gasteiger partial charge in [0, 0.05) is 6.04 Å². The molecule has 7 nitrogen and oxygen atoms in total. The summed E-state index contributed by atoms with van der Waals surface area (Å²) >= 11 is 0. The van der Waals surface area contributed by atoms with Crippen LogP contribution in [0.25, 0.3) is 0 Å². The van der Waals surface area contributed by atoms with Crippen LogP contribution in [0.1, 0.15) is 12.2 Å². The van der Waals surface area contributed by atoms with Gasteiger partial charge in [-0.1, -0.05) is 12.1 Å². The fraction of sp³-hybridized carbons (Fsp3) is 0.389. The standard InChI is InChI=1S/C18H22N2O5S/c1-24-17-7-3-2-6-16(17)19-18(21)12-20(11-15-5-4-9-25-15)14-8-10-26(22,23)13-14/h2-7,9,14H,8,10-13H2,1H3,(H,19,21)/t14-/m1/s1. The van der Waals surface area contributed by atoms with Crippen molar-refractivity contribution in [2.24, 2.45) is 0 Å². The van der Waals surface area contributed by atoms with Crippen LogP contribution in [0, 0.1) is 0 Å². The number of para-hydroxylation sites is 2. The van der Waals surface area contributed by atoms with Crippen LogP contribution >= 0.6 is 0 Å². The Hall–Kier alpha value is -2.32. The summed E-state index contributed by atoms with van der Waals surface area (Å²) in [5, 5.41) is 2.83. The Labute approximate surface area is 152 Å². The summed E-state index contributed by atoms with van der Waals surface area (Å²) in [7, 11) is -1.51. The molecule has 8 heteroatoms. The molecule has 0 aliphatic carbocycles. The molecule has 3 rings (SSSR count). The SMILES string of the molecule is COc1ccccc1NC(=O)CN(Cc1ccco1)[C@@H]1CCS(=O)(=O)C1. The van der Waals surface area contributed by atoms with Gasteiger partial charge in [0.2, 0.25) is 5.91 Å². The summed E-state index contributed by atoms with van der Waals surface area (Å²) in [6.07, 6.45) is 2.08. The summed E-state index contributed by atoms with van der Waals surface area (Å²) in [5.74, 6) is 1.25. The summed E-state index contributed by atoms with van der Waals surface area (Å²) in [5.41, 5.74) is 0.581. The topological polar surface area (TPSA) is 88.8 Å². The second-order valence-corrected chi connectivity index (χ2v) is 8.52. The van der Waals surface area contributed by atoms with Crippen molar-refractivity contribution < 1.29 is 22.4 Å². The summed E-state index contributed by atoms with van der Waals surface area (Å²) in [6.45, 7) is 0.450. The Balaban J connectivity index is 1.71. The average molecular weight is 378 g/mol. The van der Waals surface area contributed by atoms with Crippen LogP contribution in [-0.2, 0) is 21.2 Å². The molecular weight excluding hydrogens is 356 g/mol. The van der Waals surface area contributed by atoms with E-state index in [1.165, 1.54) is 7.11 Å². The van der Waals surface area contributed by atoms with Gasteiger partial charge in [0.25, 0.3) is 0 Å². The van der Waals surface area contributed by atoms with Crippen molar-refractivity contribution in [2.75, 3.05) is 30.5 Å². The third-order valence-corrected chi connectivity index (χ3v) is 6.14. The molecule has 1 aromatic carbocycles. The average Bonchev–Trinajstić information content (AvgIpc) is 3.24. The first-order valence-electron chi connectivity index (χ1n) is 8.36. The molecule has 1 aromatic heterocycles. The molecule has 1 aliphatic rings. The maximum atomic E-state index is 12.5. The van der Waals surface area contributed by atoms with Crippen LogP contribution < -0.4 is 10.1 Å². The van der Waals surface area contributed by atoms with Gasteiger partial charge in [0.15, 0.2) is 9.84 Å². The molecule has 0 bridgehead atoms. The lowest BCUT2D eigenvalue weighted by molar-refractivity contribution is -0.118. The van der Waals surface area contributed by atoms with Crippen LogP contribution in [0.5, 0.6) is 5.75 Å². The van der Waals surface area contributed by atoms with Crippen molar-refractivity contribution in [3.8, 4) is 5.75 Å². The molecule has 1 fully saturated rings. The van der Waals surface area contributed by atoms with Gasteiger partial charge in [-0.2, -0.15) is 0 Å². The molecule has 0 saturated carbocycles. The van der Waals surface area contributed by atoms with E-state index in [2.05, 4.69) is 5.32 Å². The van der Waals surface area contributed by atoms with Crippen molar-refractivity contribution in [3.05, 3.63) is 48.4 Å². The molecule has 1 N–H and O–H groups in total. The van der Waals surface area contributed by atoms with E-state index in [1.807, 2.05) is 23.1 Å². The van der Waals surface area contributed by atoms with Crippen LogP contribution in [-0.4, -0.2) is 50.4 Å². The second kappa shape index (κ2) is 7.92. The first kappa shape index (κ1) is 18.5. The highest BCUT2D eigenvalue weighted by atomic mass is 32.2. The number of hydrogen-bond donors (Lipinski definition) is 1. The van der Waals surface area contributed by atoms with Crippen molar-refractivity contribution in [3.63, 3.8) is 0 Å². The molecule has 1 saturated heterocycles. The summed E-state index contributed by atoms with van der Waals surface area (Å²) < 4.78 is 34.3. The Morgan fingerprint density at radius 2 is 2.12 bits per heavy atom. The Bertz CT molecular complexity index is 848. The number of hydrogen-bond acceptors (Lipinski definition) is 6. The Morgan fingerprint density at radius 1 is 1.31 bits per heavy atom. The number of carbonyl (C=O) groups excluding carboxylic acids is 1. The molecule has 0 unspecified atom stereocenters. The van der Waals surface area contributed by atoms with Gasteiger partial charge >= 0.3 is 0 Å². The largest absolute Gasteiger partial charge is 0.495 e. The summed E-state index contributed by atoms with van der Waals surface area (Å²) in [6, 6.07) is 10.5. The molecule has 0 spiro atoms. The van der Waals surface area contributed by atoms with Crippen LogP contribution in [0.3, 0.4) is 0 Å². The number of ether oxygens (including phenoxy) is 1. The predicted octanol–water partition coefficient (Wildman–Crippen LogP) is 1.92. The van der Waals surface area contributed by atoms with Crippen molar-refractivity contribution in [2.45, 2.75) is 19.0 Å². The Kier molecular flexibility index (Phi) is 5.63. The highest BCUT2D eigenvalue weighted by Crippen LogP contribution is 2.24. The lowest BCUT2D eigenvalue weighted by Crippen LogP contribution is -2.41. The number of furan rings is 1. The van der Waals surface area contributed by atoms with Gasteiger partial charge in [-0.3, -0.25) is 9.69 Å². The zero-order valence-corrected chi connectivity index (χ0v) is 15.4. The zero-order valence-electron chi connectivity index (χ0n) is 14.6. The normalized spacial score (nSPS) is 18.8. The fourth-order valence-electron chi connectivity index (χ4n) is 3.10. The van der Waals surface area contributed by atoms with Gasteiger partial charge in [-0.15, -0.1) is 0 Å². The minimum Gasteiger partial charge on any atom is -0.495 e. The van der Waals surface area contributed by atoms with E-state index in [0.29, 0.717) is 30.2 Å². The van der Waals surface area contributed by atoms with E-state index in [-0.39, 0.29) is 30.0 Å². The predicted molar refractivity (Wildman–Crippen MR) is 97.8 cm³/mol. The number of carbonyl (C=O) groups is 1. The van der Waals surface area contributed by atoms with Crippen LogP contribution in [0.15, 0.2) is 47.1 Å². The van der Waals surface area contributed by atoms with Crippen LogP contribution in [0.4, 0.5) is 5.69 Å². The molecule has 2 heterocycles. The molecule has 26 heavy (non-hydrogen) atoms. The molecule has 140 valence electrons. The molecule has 1 amide bonds. The highest BCUT2D eigenvalue weighted by Gasteiger charge is 2.33. The molecule has 2 aromatic rings. The smallest absolute Gasteiger partial charge is 0.238 e. The minimum absolute atomic E-state index is 0.0651. The number of benzene rings is 1. The molecule has 1 atom stereocenters. The maximum absolute atomic E-state index is 12.5. The van der Waals surface area contributed by atoms with E-state index in [4.69, 9.17) is 9.15 Å². The number of sulfone groups is 1. The van der Waals surface area contributed by atoms with Crippen molar-refractivity contribution in [1.29, 1.82) is 0 Å². The van der Waals surface area contributed by atoms with E-state index in [1.54, 1.807) is 24.5 Å². The number of anilines is 1. The number of nitrogens with zero attached hydrogens (tertiary/aromatic N) is 1. The first-order chi connectivity index (χ1) is 12.5. The van der Waals surface area contributed by atoms with Gasteiger partial charge < -0.3 is 14.5 Å². The molecule has 1 aliphatic heterocycles. The summed E-state index contributed by atoms with van der Waals surface area (Å²) in [4.78, 5) is 14.4. The third-order valence-electron chi connectivity index (χ3n) is 4.39. The zero-order chi connectivity index (χ0) is 18.6. The fourth-order valence-corrected chi connectivity index (χ4v) is 4.86. The van der Waals surface area contributed by atoms with E-state index >= 15 is 0 Å². The highest BCUT2D eigenvalue weighted by molar-refractivity contribution is 7.91. The molecule has 0 radical (unpaired) electrons. The van der Waals surface area contributed by atoms with Gasteiger partial charge in [-0.05, 0) is 30.7 Å². The number of amides is 1. The maximum Gasteiger partial charge on any atom is 0.238 e. The van der Waals surface area contributed by atoms with Gasteiger partial charge in [0.05, 0.1) is 43.7 Å². The number of nitrogens with one attached hydrogen (secondary N) is 1. The minimum atomic E-state index is -3.05. The Morgan fingerprint density at radius 3 is 2.77 bits per heavy atom. The quantitative estimate of drug-likeness (QED) is 0.792. The van der Waals surface area contributed by atoms with E-state index in [0.717, 1.165) is 0 Å². The number of methoxy groups -OCH3 is 1. The van der Waals surface area contributed by atoms with Gasteiger partial charge in [-0.25, -0.2) is 8.42 Å². The van der Waals surface area contributed by atoms with Crippen LogP contribution in [0.2, 0.25) is 0 Å². The molecular formula is C18H22N2O5S.